The molecule has 3 rings (SSSR count). The first-order valence-electron chi connectivity index (χ1n) is 7.79. The standard InChI is InChI=1S/C17H24N4/c1-13-8-10-20(11-9-13)17-16(12-18)14(2)19-21(17)15-6-4-3-5-7-15/h3-7,13H,8-12,18H2,1-2H3. The Morgan fingerprint density at radius 2 is 1.86 bits per heavy atom. The van der Waals surface area contributed by atoms with Gasteiger partial charge in [0, 0.05) is 25.2 Å². The molecule has 0 atom stereocenters. The van der Waals surface area contributed by atoms with Gasteiger partial charge in [0.2, 0.25) is 0 Å². The second kappa shape index (κ2) is 5.90. The third-order valence-corrected chi connectivity index (χ3v) is 4.45. The van der Waals surface area contributed by atoms with Crippen LogP contribution in [0.3, 0.4) is 0 Å². The van der Waals surface area contributed by atoms with Gasteiger partial charge in [-0.05, 0) is 37.8 Å². The Labute approximate surface area is 126 Å². The van der Waals surface area contributed by atoms with Crippen molar-refractivity contribution in [2.75, 3.05) is 18.0 Å². The third kappa shape index (κ3) is 2.68. The van der Waals surface area contributed by atoms with E-state index in [9.17, 15) is 0 Å². The summed E-state index contributed by atoms with van der Waals surface area (Å²) >= 11 is 0. The number of nitrogens with zero attached hydrogens (tertiary/aromatic N) is 3. The van der Waals surface area contributed by atoms with E-state index < -0.39 is 0 Å². The average molecular weight is 284 g/mol. The first kappa shape index (κ1) is 14.1. The molecule has 0 unspecified atom stereocenters. The summed E-state index contributed by atoms with van der Waals surface area (Å²) in [5, 5.41) is 4.74. The number of benzene rings is 1. The van der Waals surface area contributed by atoms with E-state index in [4.69, 9.17) is 10.8 Å². The number of hydrogen-bond acceptors (Lipinski definition) is 3. The molecular formula is C17H24N4. The van der Waals surface area contributed by atoms with E-state index in [0.717, 1.165) is 30.4 Å². The highest BCUT2D eigenvalue weighted by Crippen LogP contribution is 2.30. The predicted molar refractivity (Wildman–Crippen MR) is 86.8 cm³/mol. The highest BCUT2D eigenvalue weighted by Gasteiger charge is 2.24. The quantitative estimate of drug-likeness (QED) is 0.942. The molecular weight excluding hydrogens is 260 g/mol. The molecule has 2 aromatic rings. The minimum Gasteiger partial charge on any atom is -0.356 e. The Morgan fingerprint density at radius 3 is 2.48 bits per heavy atom. The van der Waals surface area contributed by atoms with Crippen molar-refractivity contribution in [1.82, 2.24) is 9.78 Å². The predicted octanol–water partition coefficient (Wildman–Crippen LogP) is 2.88. The number of aryl methyl sites for hydroxylation is 1. The zero-order chi connectivity index (χ0) is 14.8. The van der Waals surface area contributed by atoms with Crippen LogP contribution in [0, 0.1) is 12.8 Å². The van der Waals surface area contributed by atoms with Crippen molar-refractivity contribution >= 4 is 5.82 Å². The molecule has 0 amide bonds. The van der Waals surface area contributed by atoms with Crippen molar-refractivity contribution in [3.05, 3.63) is 41.6 Å². The average Bonchev–Trinajstić information content (AvgIpc) is 2.85. The van der Waals surface area contributed by atoms with E-state index in [2.05, 4.69) is 47.7 Å². The maximum Gasteiger partial charge on any atom is 0.137 e. The number of hydrogen-bond donors (Lipinski definition) is 1. The van der Waals surface area contributed by atoms with Gasteiger partial charge in [0.15, 0.2) is 0 Å². The second-order valence-corrected chi connectivity index (χ2v) is 6.01. The molecule has 1 aliphatic rings. The molecule has 1 saturated heterocycles. The largest absolute Gasteiger partial charge is 0.356 e. The Bertz CT molecular complexity index is 595. The SMILES string of the molecule is Cc1nn(-c2ccccc2)c(N2CCC(C)CC2)c1CN. The van der Waals surface area contributed by atoms with Gasteiger partial charge in [0.25, 0.3) is 0 Å². The topological polar surface area (TPSA) is 47.1 Å². The van der Waals surface area contributed by atoms with Crippen molar-refractivity contribution in [3.8, 4) is 5.69 Å². The van der Waals surface area contributed by atoms with Gasteiger partial charge in [0.05, 0.1) is 11.4 Å². The molecule has 4 heteroatoms. The molecule has 0 spiro atoms. The Kier molecular flexibility index (Phi) is 3.97. The lowest BCUT2D eigenvalue weighted by Gasteiger charge is -2.33. The molecule has 4 nitrogen and oxygen atoms in total. The molecule has 1 fully saturated rings. The van der Waals surface area contributed by atoms with Crippen LogP contribution >= 0.6 is 0 Å². The summed E-state index contributed by atoms with van der Waals surface area (Å²) in [6.45, 7) is 7.11. The maximum absolute atomic E-state index is 6.00. The van der Waals surface area contributed by atoms with Gasteiger partial charge in [0.1, 0.15) is 5.82 Å². The zero-order valence-electron chi connectivity index (χ0n) is 12.9. The lowest BCUT2D eigenvalue weighted by Crippen LogP contribution is -2.35. The van der Waals surface area contributed by atoms with Crippen LogP contribution in [0.4, 0.5) is 5.82 Å². The van der Waals surface area contributed by atoms with Crippen LogP contribution in [0.5, 0.6) is 0 Å². The van der Waals surface area contributed by atoms with Crippen LogP contribution in [0.2, 0.25) is 0 Å². The van der Waals surface area contributed by atoms with Crippen molar-refractivity contribution in [2.45, 2.75) is 33.2 Å². The lowest BCUT2D eigenvalue weighted by molar-refractivity contribution is 0.434. The first-order valence-corrected chi connectivity index (χ1v) is 7.79. The monoisotopic (exact) mass is 284 g/mol. The number of nitrogens with two attached hydrogens (primary N) is 1. The molecule has 1 aliphatic heterocycles. The van der Waals surface area contributed by atoms with E-state index in [1.165, 1.54) is 24.2 Å². The Morgan fingerprint density at radius 1 is 1.19 bits per heavy atom. The van der Waals surface area contributed by atoms with E-state index in [0.29, 0.717) is 6.54 Å². The van der Waals surface area contributed by atoms with E-state index in [-0.39, 0.29) is 0 Å². The fourth-order valence-electron chi connectivity index (χ4n) is 3.08. The van der Waals surface area contributed by atoms with Crippen LogP contribution in [0.1, 0.15) is 31.0 Å². The number of aromatic nitrogens is 2. The van der Waals surface area contributed by atoms with Gasteiger partial charge < -0.3 is 10.6 Å². The molecule has 0 radical (unpaired) electrons. The smallest absolute Gasteiger partial charge is 0.137 e. The maximum atomic E-state index is 6.00. The van der Waals surface area contributed by atoms with Crippen LogP contribution < -0.4 is 10.6 Å². The summed E-state index contributed by atoms with van der Waals surface area (Å²) in [5.74, 6) is 2.00. The molecule has 0 saturated carbocycles. The van der Waals surface area contributed by atoms with Crippen LogP contribution in [-0.2, 0) is 6.54 Å². The van der Waals surface area contributed by atoms with Crippen molar-refractivity contribution in [2.24, 2.45) is 11.7 Å². The van der Waals surface area contributed by atoms with Crippen LogP contribution in [0.25, 0.3) is 5.69 Å². The minimum absolute atomic E-state index is 0.542. The van der Waals surface area contributed by atoms with E-state index >= 15 is 0 Å². The molecule has 21 heavy (non-hydrogen) atoms. The van der Waals surface area contributed by atoms with Gasteiger partial charge in [-0.25, -0.2) is 4.68 Å². The molecule has 2 heterocycles. The third-order valence-electron chi connectivity index (χ3n) is 4.45. The summed E-state index contributed by atoms with van der Waals surface area (Å²) in [6, 6.07) is 10.3. The summed E-state index contributed by atoms with van der Waals surface area (Å²) in [6.07, 6.45) is 2.48. The number of anilines is 1. The van der Waals surface area contributed by atoms with Crippen molar-refractivity contribution in [3.63, 3.8) is 0 Å². The fraction of sp³-hybridized carbons (Fsp3) is 0.471. The van der Waals surface area contributed by atoms with Gasteiger partial charge in [-0.15, -0.1) is 0 Å². The minimum atomic E-state index is 0.542. The number of para-hydroxylation sites is 1. The second-order valence-electron chi connectivity index (χ2n) is 6.01. The number of piperidine rings is 1. The van der Waals surface area contributed by atoms with Gasteiger partial charge >= 0.3 is 0 Å². The fourth-order valence-corrected chi connectivity index (χ4v) is 3.08. The van der Waals surface area contributed by atoms with Gasteiger partial charge in [-0.1, -0.05) is 25.1 Å². The molecule has 1 aromatic heterocycles. The van der Waals surface area contributed by atoms with E-state index in [1.807, 2.05) is 6.07 Å². The zero-order valence-corrected chi connectivity index (χ0v) is 12.9. The van der Waals surface area contributed by atoms with Crippen LogP contribution in [0.15, 0.2) is 30.3 Å². The highest BCUT2D eigenvalue weighted by molar-refractivity contribution is 5.55. The molecule has 0 bridgehead atoms. The lowest BCUT2D eigenvalue weighted by atomic mass is 9.99. The molecule has 1 aromatic carbocycles. The summed E-state index contributed by atoms with van der Waals surface area (Å²) < 4.78 is 2.06. The highest BCUT2D eigenvalue weighted by atomic mass is 15.4. The summed E-state index contributed by atoms with van der Waals surface area (Å²) in [4.78, 5) is 2.45. The van der Waals surface area contributed by atoms with Gasteiger partial charge in [-0.3, -0.25) is 0 Å². The van der Waals surface area contributed by atoms with Crippen molar-refractivity contribution in [1.29, 1.82) is 0 Å². The summed E-state index contributed by atoms with van der Waals surface area (Å²) in [5.41, 5.74) is 9.31. The normalized spacial score (nSPS) is 16.4. The van der Waals surface area contributed by atoms with Gasteiger partial charge in [-0.2, -0.15) is 5.10 Å². The molecule has 112 valence electrons. The molecule has 0 aliphatic carbocycles. The Balaban J connectivity index is 2.05. The van der Waals surface area contributed by atoms with E-state index in [1.54, 1.807) is 0 Å². The first-order chi connectivity index (χ1) is 10.2. The molecule has 2 N–H and O–H groups in total. The van der Waals surface area contributed by atoms with Crippen molar-refractivity contribution < 1.29 is 0 Å². The van der Waals surface area contributed by atoms with Crippen LogP contribution in [-0.4, -0.2) is 22.9 Å². The Hall–Kier alpha value is -1.81. The summed E-state index contributed by atoms with van der Waals surface area (Å²) in [7, 11) is 0. The number of rotatable bonds is 3.